The second-order valence-electron chi connectivity index (χ2n) is 4.94. The predicted molar refractivity (Wildman–Crippen MR) is 90.9 cm³/mol. The predicted octanol–water partition coefficient (Wildman–Crippen LogP) is 3.13. The molecule has 0 saturated heterocycles. The lowest BCUT2D eigenvalue weighted by atomic mass is 10.3. The molecule has 0 aliphatic rings. The Morgan fingerprint density at radius 3 is 2.25 bits per heavy atom. The van der Waals surface area contributed by atoms with Crippen molar-refractivity contribution in [1.29, 1.82) is 0 Å². The maximum atomic E-state index is 13.0. The number of benzene rings is 2. The van der Waals surface area contributed by atoms with E-state index in [-0.39, 0.29) is 18.0 Å². The fourth-order valence-electron chi connectivity index (χ4n) is 2.02. The Kier molecular flexibility index (Phi) is 5.93. The summed E-state index contributed by atoms with van der Waals surface area (Å²) < 4.78 is 39.0. The molecule has 0 aromatic heterocycles. The molecule has 0 unspecified atom stereocenters. The van der Waals surface area contributed by atoms with Gasteiger partial charge in [0, 0.05) is 17.3 Å². The Hall–Kier alpha value is -1.96. The van der Waals surface area contributed by atoms with Crippen LogP contribution in [0.3, 0.4) is 0 Å². The molecule has 0 atom stereocenters. The minimum atomic E-state index is -3.88. The molecule has 5 nitrogen and oxygen atoms in total. The first-order valence-electron chi connectivity index (χ1n) is 7.14. The van der Waals surface area contributed by atoms with Crippen LogP contribution in [0.25, 0.3) is 0 Å². The van der Waals surface area contributed by atoms with Gasteiger partial charge in [-0.1, -0.05) is 18.5 Å². The molecular weight excluding hydrogens is 355 g/mol. The molecule has 0 heterocycles. The summed E-state index contributed by atoms with van der Waals surface area (Å²) in [6.45, 7) is 1.38. The molecule has 0 radical (unpaired) electrons. The monoisotopic (exact) mass is 370 g/mol. The smallest absolute Gasteiger partial charge is 0.243 e. The molecule has 0 fully saturated rings. The van der Waals surface area contributed by atoms with Crippen LogP contribution < -0.4 is 5.32 Å². The van der Waals surface area contributed by atoms with Crippen LogP contribution in [-0.2, 0) is 14.8 Å². The summed E-state index contributed by atoms with van der Waals surface area (Å²) >= 11 is 5.77. The van der Waals surface area contributed by atoms with Crippen LogP contribution in [0.5, 0.6) is 0 Å². The quantitative estimate of drug-likeness (QED) is 0.849. The lowest BCUT2D eigenvalue weighted by Crippen LogP contribution is -2.37. The zero-order chi connectivity index (χ0) is 17.7. The maximum Gasteiger partial charge on any atom is 0.243 e. The highest BCUT2D eigenvalue weighted by atomic mass is 35.5. The highest BCUT2D eigenvalue weighted by Gasteiger charge is 2.25. The molecule has 24 heavy (non-hydrogen) atoms. The summed E-state index contributed by atoms with van der Waals surface area (Å²) in [5, 5.41) is 3.13. The Morgan fingerprint density at radius 1 is 1.12 bits per heavy atom. The normalized spacial score (nSPS) is 11.5. The molecule has 2 rings (SSSR count). The second-order valence-corrected chi connectivity index (χ2v) is 7.31. The summed E-state index contributed by atoms with van der Waals surface area (Å²) in [5.74, 6) is -1.01. The first-order valence-corrected chi connectivity index (χ1v) is 8.96. The van der Waals surface area contributed by atoms with E-state index < -0.39 is 21.7 Å². The van der Waals surface area contributed by atoms with Crippen LogP contribution in [0.2, 0.25) is 5.02 Å². The van der Waals surface area contributed by atoms with E-state index in [9.17, 15) is 17.6 Å². The Labute approximate surface area is 145 Å². The van der Waals surface area contributed by atoms with Gasteiger partial charge in [0.1, 0.15) is 5.82 Å². The Morgan fingerprint density at radius 2 is 1.71 bits per heavy atom. The molecule has 0 aliphatic carbocycles. The van der Waals surface area contributed by atoms with Gasteiger partial charge in [0.05, 0.1) is 11.4 Å². The number of rotatable bonds is 6. The van der Waals surface area contributed by atoms with Gasteiger partial charge in [-0.25, -0.2) is 12.8 Å². The van der Waals surface area contributed by atoms with E-state index in [4.69, 9.17) is 11.6 Å². The molecule has 2 aromatic carbocycles. The number of nitrogens with one attached hydrogen (secondary N) is 1. The molecular formula is C16H16ClFN2O3S. The lowest BCUT2D eigenvalue weighted by molar-refractivity contribution is -0.116. The zero-order valence-electron chi connectivity index (χ0n) is 12.9. The minimum absolute atomic E-state index is 0.0648. The van der Waals surface area contributed by atoms with E-state index in [0.29, 0.717) is 10.7 Å². The number of hydrogen-bond acceptors (Lipinski definition) is 3. The van der Waals surface area contributed by atoms with Crippen molar-refractivity contribution in [3.8, 4) is 0 Å². The van der Waals surface area contributed by atoms with Gasteiger partial charge in [-0.05, 0) is 48.5 Å². The van der Waals surface area contributed by atoms with Crippen molar-refractivity contribution in [2.75, 3.05) is 18.4 Å². The van der Waals surface area contributed by atoms with Crippen LogP contribution >= 0.6 is 11.6 Å². The highest BCUT2D eigenvalue weighted by molar-refractivity contribution is 7.89. The zero-order valence-corrected chi connectivity index (χ0v) is 14.4. The van der Waals surface area contributed by atoms with E-state index in [1.54, 1.807) is 31.2 Å². The topological polar surface area (TPSA) is 66.5 Å². The van der Waals surface area contributed by atoms with E-state index in [2.05, 4.69) is 5.32 Å². The van der Waals surface area contributed by atoms with Gasteiger partial charge in [0.15, 0.2) is 0 Å². The van der Waals surface area contributed by atoms with E-state index in [1.807, 2.05) is 0 Å². The van der Waals surface area contributed by atoms with Gasteiger partial charge in [-0.2, -0.15) is 4.31 Å². The van der Waals surface area contributed by atoms with Crippen molar-refractivity contribution in [2.24, 2.45) is 0 Å². The first-order chi connectivity index (χ1) is 11.3. The van der Waals surface area contributed by atoms with E-state index in [0.717, 1.165) is 16.4 Å². The molecule has 8 heteroatoms. The number of sulfonamides is 1. The van der Waals surface area contributed by atoms with Gasteiger partial charge in [-0.3, -0.25) is 4.79 Å². The Balaban J connectivity index is 2.11. The molecule has 0 aliphatic heterocycles. The van der Waals surface area contributed by atoms with Gasteiger partial charge >= 0.3 is 0 Å². The van der Waals surface area contributed by atoms with E-state index >= 15 is 0 Å². The molecule has 0 saturated carbocycles. The third kappa shape index (κ3) is 4.53. The van der Waals surface area contributed by atoms with Gasteiger partial charge in [0.25, 0.3) is 0 Å². The molecule has 2 aromatic rings. The second kappa shape index (κ2) is 7.74. The third-order valence-corrected chi connectivity index (χ3v) is 5.44. The number of carbonyl (C=O) groups is 1. The molecule has 128 valence electrons. The molecule has 1 N–H and O–H groups in total. The van der Waals surface area contributed by atoms with Crippen molar-refractivity contribution < 1.29 is 17.6 Å². The molecule has 1 amide bonds. The Bertz CT molecular complexity index is 808. The fraction of sp³-hybridized carbons (Fsp3) is 0.188. The number of nitrogens with zero attached hydrogens (tertiary/aromatic N) is 1. The standard InChI is InChI=1S/C16H16ClFN2O3S/c1-2-20(24(22,23)15-9-5-13(18)6-10-15)11-16(21)19-14-7-3-12(17)4-8-14/h3-10H,2,11H2,1H3,(H,19,21). The average Bonchev–Trinajstić information content (AvgIpc) is 2.55. The summed E-state index contributed by atoms with van der Waals surface area (Å²) in [5.41, 5.74) is 0.514. The number of anilines is 1. The number of likely N-dealkylation sites (N-methyl/N-ethyl adjacent to an activating group) is 1. The molecule has 0 bridgehead atoms. The van der Waals surface area contributed by atoms with Crippen LogP contribution in [-0.4, -0.2) is 31.7 Å². The average molecular weight is 371 g/mol. The first kappa shape index (κ1) is 18.4. The van der Waals surface area contributed by atoms with Crippen LogP contribution in [0, 0.1) is 5.82 Å². The lowest BCUT2D eigenvalue weighted by Gasteiger charge is -2.20. The summed E-state index contributed by atoms with van der Waals surface area (Å²) in [4.78, 5) is 12.0. The number of halogens is 2. The van der Waals surface area contributed by atoms with Crippen LogP contribution in [0.15, 0.2) is 53.4 Å². The van der Waals surface area contributed by atoms with Crippen molar-refractivity contribution in [1.82, 2.24) is 4.31 Å². The van der Waals surface area contributed by atoms with Gasteiger partial charge in [0.2, 0.25) is 15.9 Å². The largest absolute Gasteiger partial charge is 0.325 e. The van der Waals surface area contributed by atoms with Crippen LogP contribution in [0.1, 0.15) is 6.92 Å². The highest BCUT2D eigenvalue weighted by Crippen LogP contribution is 2.17. The van der Waals surface area contributed by atoms with Crippen molar-refractivity contribution in [3.63, 3.8) is 0 Å². The van der Waals surface area contributed by atoms with Gasteiger partial charge in [-0.15, -0.1) is 0 Å². The fourth-order valence-corrected chi connectivity index (χ4v) is 3.55. The van der Waals surface area contributed by atoms with Crippen molar-refractivity contribution in [3.05, 3.63) is 59.4 Å². The SMILES string of the molecule is CCN(CC(=O)Nc1ccc(Cl)cc1)S(=O)(=O)c1ccc(F)cc1. The minimum Gasteiger partial charge on any atom is -0.325 e. The van der Waals surface area contributed by atoms with Crippen molar-refractivity contribution >= 4 is 33.2 Å². The summed E-state index contributed by atoms with van der Waals surface area (Å²) in [7, 11) is -3.88. The van der Waals surface area contributed by atoms with E-state index in [1.165, 1.54) is 12.1 Å². The third-order valence-electron chi connectivity index (χ3n) is 3.25. The van der Waals surface area contributed by atoms with Gasteiger partial charge < -0.3 is 5.32 Å². The summed E-state index contributed by atoms with van der Waals surface area (Å²) in [6.07, 6.45) is 0. The maximum absolute atomic E-state index is 13.0. The van der Waals surface area contributed by atoms with Crippen LogP contribution in [0.4, 0.5) is 10.1 Å². The summed E-state index contributed by atoms with van der Waals surface area (Å²) in [6, 6.07) is 10.9. The molecule has 0 spiro atoms. The number of carbonyl (C=O) groups excluding carboxylic acids is 1. The number of amides is 1. The van der Waals surface area contributed by atoms with Crippen molar-refractivity contribution in [2.45, 2.75) is 11.8 Å². The number of hydrogen-bond donors (Lipinski definition) is 1.